The third kappa shape index (κ3) is 1.92. The van der Waals surface area contributed by atoms with Crippen molar-refractivity contribution in [2.75, 3.05) is 13.1 Å². The molecule has 2 aliphatic rings. The van der Waals surface area contributed by atoms with E-state index >= 15 is 0 Å². The zero-order chi connectivity index (χ0) is 12.6. The van der Waals surface area contributed by atoms with Crippen molar-refractivity contribution in [3.63, 3.8) is 0 Å². The fourth-order valence-corrected chi connectivity index (χ4v) is 2.94. The van der Waals surface area contributed by atoms with Gasteiger partial charge in [-0.1, -0.05) is 12.1 Å². The third-order valence-corrected chi connectivity index (χ3v) is 4.18. The molecule has 0 bridgehead atoms. The Balaban J connectivity index is 1.84. The van der Waals surface area contributed by atoms with E-state index in [-0.39, 0.29) is 11.7 Å². The Kier molecular flexibility index (Phi) is 2.84. The topological polar surface area (TPSA) is 20.3 Å². The van der Waals surface area contributed by atoms with Gasteiger partial charge in [0.15, 0.2) is 0 Å². The van der Waals surface area contributed by atoms with E-state index in [2.05, 4.69) is 0 Å². The SMILES string of the molecule is O=C(N1CCCCC1)C1(c2cccc(F)c2)CC1. The molecule has 1 aromatic rings. The molecule has 1 amide bonds. The van der Waals surface area contributed by atoms with Gasteiger partial charge >= 0.3 is 0 Å². The molecule has 96 valence electrons. The Hall–Kier alpha value is -1.38. The molecule has 0 aromatic heterocycles. The lowest BCUT2D eigenvalue weighted by Crippen LogP contribution is -2.42. The predicted octanol–water partition coefficient (Wildman–Crippen LogP) is 2.87. The van der Waals surface area contributed by atoms with Crippen LogP contribution in [0, 0.1) is 5.82 Å². The normalized spacial score (nSPS) is 21.7. The zero-order valence-corrected chi connectivity index (χ0v) is 10.5. The van der Waals surface area contributed by atoms with E-state index in [1.54, 1.807) is 6.07 Å². The summed E-state index contributed by atoms with van der Waals surface area (Å²) in [6.45, 7) is 1.74. The standard InChI is InChI=1S/C15H18FNO/c16-13-6-4-5-12(11-13)15(7-8-15)14(18)17-9-2-1-3-10-17/h4-6,11H,1-3,7-10H2. The van der Waals surface area contributed by atoms with Crippen LogP contribution in [0.3, 0.4) is 0 Å². The van der Waals surface area contributed by atoms with Crippen LogP contribution in [0.15, 0.2) is 24.3 Å². The minimum atomic E-state index is -0.403. The van der Waals surface area contributed by atoms with Gasteiger partial charge in [0.1, 0.15) is 5.82 Å². The van der Waals surface area contributed by atoms with E-state index in [0.717, 1.165) is 44.3 Å². The number of hydrogen-bond donors (Lipinski definition) is 0. The van der Waals surface area contributed by atoms with Gasteiger partial charge in [0.05, 0.1) is 5.41 Å². The number of piperidine rings is 1. The number of amides is 1. The van der Waals surface area contributed by atoms with Gasteiger partial charge in [-0.15, -0.1) is 0 Å². The van der Waals surface area contributed by atoms with Gasteiger partial charge in [-0.05, 0) is 49.8 Å². The number of rotatable bonds is 2. The number of hydrogen-bond acceptors (Lipinski definition) is 1. The van der Waals surface area contributed by atoms with Gasteiger partial charge in [-0.2, -0.15) is 0 Å². The van der Waals surface area contributed by atoms with Gasteiger partial charge < -0.3 is 4.90 Å². The quantitative estimate of drug-likeness (QED) is 0.787. The average molecular weight is 247 g/mol. The van der Waals surface area contributed by atoms with Crippen LogP contribution in [0.2, 0.25) is 0 Å². The van der Waals surface area contributed by atoms with Crippen LogP contribution < -0.4 is 0 Å². The molecule has 0 unspecified atom stereocenters. The van der Waals surface area contributed by atoms with E-state index in [1.807, 2.05) is 11.0 Å². The second-order valence-corrected chi connectivity index (χ2v) is 5.45. The van der Waals surface area contributed by atoms with Crippen molar-refractivity contribution in [1.82, 2.24) is 4.90 Å². The zero-order valence-electron chi connectivity index (χ0n) is 10.5. The van der Waals surface area contributed by atoms with Crippen molar-refractivity contribution in [2.24, 2.45) is 0 Å². The van der Waals surface area contributed by atoms with Crippen LogP contribution in [0.4, 0.5) is 4.39 Å². The molecule has 0 atom stereocenters. The van der Waals surface area contributed by atoms with Crippen LogP contribution in [-0.2, 0) is 10.2 Å². The molecule has 3 rings (SSSR count). The summed E-state index contributed by atoms with van der Waals surface area (Å²) in [5.74, 6) is -0.0296. The Labute approximate surface area is 107 Å². The van der Waals surface area contributed by atoms with Gasteiger partial charge in [0.25, 0.3) is 0 Å². The van der Waals surface area contributed by atoms with Crippen molar-refractivity contribution in [3.05, 3.63) is 35.6 Å². The van der Waals surface area contributed by atoms with Crippen molar-refractivity contribution in [3.8, 4) is 0 Å². The smallest absolute Gasteiger partial charge is 0.233 e. The molecular formula is C15H18FNO. The molecule has 1 saturated carbocycles. The number of carbonyl (C=O) groups is 1. The van der Waals surface area contributed by atoms with Crippen LogP contribution in [0.25, 0.3) is 0 Å². The highest BCUT2D eigenvalue weighted by molar-refractivity contribution is 5.91. The first-order chi connectivity index (χ1) is 8.72. The molecule has 1 aliphatic carbocycles. The molecule has 0 spiro atoms. The van der Waals surface area contributed by atoms with Crippen molar-refractivity contribution in [2.45, 2.75) is 37.5 Å². The maximum Gasteiger partial charge on any atom is 0.233 e. The Morgan fingerprint density at radius 2 is 1.89 bits per heavy atom. The third-order valence-electron chi connectivity index (χ3n) is 4.18. The molecule has 0 N–H and O–H groups in total. The van der Waals surface area contributed by atoms with E-state index in [9.17, 15) is 9.18 Å². The lowest BCUT2D eigenvalue weighted by Gasteiger charge is -2.30. The van der Waals surface area contributed by atoms with Gasteiger partial charge in [-0.25, -0.2) is 4.39 Å². The van der Waals surface area contributed by atoms with Crippen LogP contribution in [-0.4, -0.2) is 23.9 Å². The minimum absolute atomic E-state index is 0.216. The first kappa shape index (κ1) is 11.7. The summed E-state index contributed by atoms with van der Waals surface area (Å²) in [7, 11) is 0. The summed E-state index contributed by atoms with van der Waals surface area (Å²) in [6.07, 6.45) is 5.16. The monoisotopic (exact) mass is 247 g/mol. The molecule has 18 heavy (non-hydrogen) atoms. The van der Waals surface area contributed by atoms with Crippen molar-refractivity contribution >= 4 is 5.91 Å². The first-order valence-electron chi connectivity index (χ1n) is 6.78. The fourth-order valence-electron chi connectivity index (χ4n) is 2.94. The Morgan fingerprint density at radius 3 is 2.50 bits per heavy atom. The highest BCUT2D eigenvalue weighted by atomic mass is 19.1. The predicted molar refractivity (Wildman–Crippen MR) is 67.7 cm³/mol. The van der Waals surface area contributed by atoms with Crippen molar-refractivity contribution in [1.29, 1.82) is 0 Å². The van der Waals surface area contributed by atoms with Gasteiger partial charge in [0.2, 0.25) is 5.91 Å². The highest BCUT2D eigenvalue weighted by Crippen LogP contribution is 2.49. The molecule has 1 aromatic carbocycles. The molecule has 3 heteroatoms. The summed E-state index contributed by atoms with van der Waals surface area (Å²) in [5, 5.41) is 0. The van der Waals surface area contributed by atoms with Crippen LogP contribution in [0.1, 0.15) is 37.7 Å². The maximum atomic E-state index is 13.3. The molecular weight excluding hydrogens is 229 g/mol. The van der Waals surface area contributed by atoms with Crippen LogP contribution >= 0.6 is 0 Å². The maximum absolute atomic E-state index is 13.3. The molecule has 2 fully saturated rings. The van der Waals surface area contributed by atoms with Gasteiger partial charge in [0, 0.05) is 13.1 Å². The molecule has 0 radical (unpaired) electrons. The second-order valence-electron chi connectivity index (χ2n) is 5.45. The Morgan fingerprint density at radius 1 is 1.17 bits per heavy atom. The van der Waals surface area contributed by atoms with E-state index in [0.29, 0.717) is 0 Å². The number of halogens is 1. The first-order valence-corrected chi connectivity index (χ1v) is 6.78. The lowest BCUT2D eigenvalue weighted by atomic mass is 9.93. The van der Waals surface area contributed by atoms with Crippen LogP contribution in [0.5, 0.6) is 0 Å². The fraction of sp³-hybridized carbons (Fsp3) is 0.533. The Bertz CT molecular complexity index is 461. The lowest BCUT2D eigenvalue weighted by molar-refractivity contribution is -0.134. The largest absolute Gasteiger partial charge is 0.342 e. The summed E-state index contributed by atoms with van der Waals surface area (Å²) in [5.41, 5.74) is 0.456. The second kappa shape index (κ2) is 4.38. The summed E-state index contributed by atoms with van der Waals surface area (Å²) >= 11 is 0. The molecule has 1 aliphatic heterocycles. The summed E-state index contributed by atoms with van der Waals surface area (Å²) < 4.78 is 13.3. The van der Waals surface area contributed by atoms with Gasteiger partial charge in [-0.3, -0.25) is 4.79 Å². The number of likely N-dealkylation sites (tertiary alicyclic amines) is 1. The highest BCUT2D eigenvalue weighted by Gasteiger charge is 2.53. The number of nitrogens with zero attached hydrogens (tertiary/aromatic N) is 1. The minimum Gasteiger partial charge on any atom is -0.342 e. The number of benzene rings is 1. The summed E-state index contributed by atoms with van der Waals surface area (Å²) in [6, 6.07) is 6.55. The molecule has 1 saturated heterocycles. The van der Waals surface area contributed by atoms with E-state index < -0.39 is 5.41 Å². The van der Waals surface area contributed by atoms with Crippen molar-refractivity contribution < 1.29 is 9.18 Å². The average Bonchev–Trinajstić information content (AvgIpc) is 3.20. The molecule has 1 heterocycles. The number of carbonyl (C=O) groups excluding carboxylic acids is 1. The molecule has 2 nitrogen and oxygen atoms in total. The summed E-state index contributed by atoms with van der Waals surface area (Å²) in [4.78, 5) is 14.6. The van der Waals surface area contributed by atoms with E-state index in [4.69, 9.17) is 0 Å². The van der Waals surface area contributed by atoms with E-state index in [1.165, 1.54) is 18.6 Å².